The highest BCUT2D eigenvalue weighted by Crippen LogP contribution is 2.30. The van der Waals surface area contributed by atoms with E-state index in [4.69, 9.17) is 11.6 Å². The van der Waals surface area contributed by atoms with E-state index in [1.807, 2.05) is 0 Å². The lowest BCUT2D eigenvalue weighted by molar-refractivity contribution is -0.123. The summed E-state index contributed by atoms with van der Waals surface area (Å²) in [5, 5.41) is 12.7. The predicted octanol–water partition coefficient (Wildman–Crippen LogP) is 1.80. The Balaban J connectivity index is 1.60. The summed E-state index contributed by atoms with van der Waals surface area (Å²) in [6, 6.07) is 4.76. The van der Waals surface area contributed by atoms with Crippen molar-refractivity contribution in [3.05, 3.63) is 34.6 Å². The molecule has 0 spiro atoms. The second-order valence-corrected chi connectivity index (χ2v) is 6.68. The maximum Gasteiger partial charge on any atom is 0.223 e. The van der Waals surface area contributed by atoms with Crippen molar-refractivity contribution in [3.8, 4) is 0 Å². The highest BCUT2D eigenvalue weighted by atomic mass is 35.5. The second kappa shape index (κ2) is 6.52. The van der Waals surface area contributed by atoms with Crippen LogP contribution in [0, 0.1) is 17.7 Å². The molecule has 0 radical (unpaired) electrons. The van der Waals surface area contributed by atoms with E-state index in [9.17, 15) is 14.3 Å². The van der Waals surface area contributed by atoms with Gasteiger partial charge in [0.2, 0.25) is 5.91 Å². The lowest BCUT2D eigenvalue weighted by atomic mass is 10.1. The van der Waals surface area contributed by atoms with Gasteiger partial charge < -0.3 is 10.4 Å². The molecule has 2 N–H and O–H groups in total. The number of aliphatic hydroxyl groups excluding tert-OH is 1. The Bertz CT molecular complexity index is 565. The van der Waals surface area contributed by atoms with Gasteiger partial charge in [0.25, 0.3) is 0 Å². The quantitative estimate of drug-likeness (QED) is 0.867. The Hall–Kier alpha value is -1.17. The Morgan fingerprint density at radius 1 is 1.41 bits per heavy atom. The molecule has 120 valence electrons. The molecule has 2 fully saturated rings. The molecular weight excluding hydrogens is 307 g/mol. The predicted molar refractivity (Wildman–Crippen MR) is 81.9 cm³/mol. The Labute approximate surface area is 134 Å². The van der Waals surface area contributed by atoms with Gasteiger partial charge >= 0.3 is 0 Å². The molecule has 22 heavy (non-hydrogen) atoms. The van der Waals surface area contributed by atoms with E-state index >= 15 is 0 Å². The van der Waals surface area contributed by atoms with Gasteiger partial charge in [-0.15, -0.1) is 0 Å². The minimum absolute atomic E-state index is 0.0276. The molecule has 2 atom stereocenters. The van der Waals surface area contributed by atoms with Gasteiger partial charge in [-0.05, 0) is 30.5 Å². The van der Waals surface area contributed by atoms with Gasteiger partial charge in [0.1, 0.15) is 5.82 Å². The van der Waals surface area contributed by atoms with E-state index in [0.29, 0.717) is 19.6 Å². The summed E-state index contributed by atoms with van der Waals surface area (Å²) >= 11 is 5.69. The molecule has 1 aliphatic carbocycles. The van der Waals surface area contributed by atoms with Crippen molar-refractivity contribution in [3.63, 3.8) is 0 Å². The zero-order valence-electron chi connectivity index (χ0n) is 12.3. The number of benzene rings is 1. The van der Waals surface area contributed by atoms with Crippen LogP contribution >= 0.6 is 11.6 Å². The van der Waals surface area contributed by atoms with Crippen LogP contribution in [0.4, 0.5) is 4.39 Å². The van der Waals surface area contributed by atoms with Crippen LogP contribution in [0.1, 0.15) is 18.4 Å². The smallest absolute Gasteiger partial charge is 0.223 e. The average Bonchev–Trinajstić information content (AvgIpc) is 3.27. The molecular formula is C16H20ClFN2O2. The van der Waals surface area contributed by atoms with Gasteiger partial charge in [-0.3, -0.25) is 9.69 Å². The number of hydrogen-bond donors (Lipinski definition) is 2. The molecule has 6 heteroatoms. The van der Waals surface area contributed by atoms with Crippen molar-refractivity contribution >= 4 is 17.5 Å². The molecule has 3 rings (SSSR count). The number of carbonyl (C=O) groups excluding carboxylic acids is 1. The lowest BCUT2D eigenvalue weighted by Crippen LogP contribution is -2.42. The number of aliphatic hydroxyl groups is 1. The molecule has 1 aromatic rings. The highest BCUT2D eigenvalue weighted by Gasteiger charge is 2.37. The van der Waals surface area contributed by atoms with Gasteiger partial charge in [-0.1, -0.05) is 17.7 Å². The second-order valence-electron chi connectivity index (χ2n) is 6.27. The van der Waals surface area contributed by atoms with E-state index in [-0.39, 0.29) is 35.4 Å². The number of amides is 1. The summed E-state index contributed by atoms with van der Waals surface area (Å²) in [5.41, 5.74) is 0.841. The van der Waals surface area contributed by atoms with Crippen molar-refractivity contribution in [2.75, 3.05) is 19.7 Å². The van der Waals surface area contributed by atoms with Crippen molar-refractivity contribution in [1.29, 1.82) is 0 Å². The summed E-state index contributed by atoms with van der Waals surface area (Å²) in [4.78, 5) is 14.0. The number of hydrogen-bond acceptors (Lipinski definition) is 3. The number of nitrogens with zero attached hydrogens (tertiary/aromatic N) is 1. The SMILES string of the molecule is O=C(NC1CN(Cc2ccc(Cl)c(F)c2)CC1CO)C1CC1. The first-order valence-corrected chi connectivity index (χ1v) is 8.02. The topological polar surface area (TPSA) is 52.6 Å². The molecule has 1 heterocycles. The average molecular weight is 327 g/mol. The first-order valence-electron chi connectivity index (χ1n) is 7.64. The first kappa shape index (κ1) is 15.7. The number of carbonyl (C=O) groups is 1. The molecule has 1 saturated heterocycles. The van der Waals surface area contributed by atoms with Gasteiger partial charge in [-0.2, -0.15) is 0 Å². The van der Waals surface area contributed by atoms with Crippen LogP contribution in [-0.4, -0.2) is 41.7 Å². The fraction of sp³-hybridized carbons (Fsp3) is 0.562. The van der Waals surface area contributed by atoms with Crippen LogP contribution in [0.5, 0.6) is 0 Å². The molecule has 2 aliphatic rings. The van der Waals surface area contributed by atoms with E-state index in [1.165, 1.54) is 6.07 Å². The number of rotatable bonds is 5. The van der Waals surface area contributed by atoms with Gasteiger partial charge in [0.05, 0.1) is 5.02 Å². The van der Waals surface area contributed by atoms with E-state index in [2.05, 4.69) is 10.2 Å². The van der Waals surface area contributed by atoms with E-state index < -0.39 is 5.82 Å². The van der Waals surface area contributed by atoms with Gasteiger partial charge in [0, 0.05) is 44.1 Å². The standard InChI is InChI=1S/C16H20ClFN2O2/c17-13-4-1-10(5-14(13)18)6-20-7-12(9-21)15(8-20)19-16(22)11-2-3-11/h1,4-5,11-12,15,21H,2-3,6-9H2,(H,19,22). The minimum atomic E-state index is -0.421. The van der Waals surface area contributed by atoms with Crippen molar-refractivity contribution in [1.82, 2.24) is 10.2 Å². The van der Waals surface area contributed by atoms with Gasteiger partial charge in [-0.25, -0.2) is 4.39 Å². The van der Waals surface area contributed by atoms with E-state index in [1.54, 1.807) is 12.1 Å². The molecule has 1 aliphatic heterocycles. The maximum atomic E-state index is 13.5. The summed E-state index contributed by atoms with van der Waals surface area (Å²) in [5.74, 6) is -0.128. The normalized spacial score (nSPS) is 25.4. The molecule has 1 amide bonds. The maximum absolute atomic E-state index is 13.5. The van der Waals surface area contributed by atoms with Crippen LogP contribution in [-0.2, 0) is 11.3 Å². The third-order valence-corrected chi connectivity index (χ3v) is 4.72. The minimum Gasteiger partial charge on any atom is -0.396 e. The zero-order chi connectivity index (χ0) is 15.7. The zero-order valence-corrected chi connectivity index (χ0v) is 13.0. The largest absolute Gasteiger partial charge is 0.396 e. The fourth-order valence-corrected chi connectivity index (χ4v) is 3.10. The Morgan fingerprint density at radius 2 is 2.18 bits per heavy atom. The van der Waals surface area contributed by atoms with E-state index in [0.717, 1.165) is 18.4 Å². The Kier molecular flexibility index (Phi) is 4.66. The van der Waals surface area contributed by atoms with Crippen molar-refractivity contribution in [2.45, 2.75) is 25.4 Å². The summed E-state index contributed by atoms with van der Waals surface area (Å²) < 4.78 is 13.5. The Morgan fingerprint density at radius 3 is 2.82 bits per heavy atom. The fourth-order valence-electron chi connectivity index (χ4n) is 2.98. The van der Waals surface area contributed by atoms with Crippen molar-refractivity contribution < 1.29 is 14.3 Å². The van der Waals surface area contributed by atoms with Crippen LogP contribution in [0.15, 0.2) is 18.2 Å². The monoisotopic (exact) mass is 326 g/mol. The molecule has 1 aromatic carbocycles. The van der Waals surface area contributed by atoms with Gasteiger partial charge in [0.15, 0.2) is 0 Å². The molecule has 1 saturated carbocycles. The summed E-state index contributed by atoms with van der Waals surface area (Å²) in [7, 11) is 0. The third kappa shape index (κ3) is 3.59. The molecule has 2 unspecified atom stereocenters. The molecule has 0 bridgehead atoms. The molecule has 4 nitrogen and oxygen atoms in total. The highest BCUT2D eigenvalue weighted by molar-refractivity contribution is 6.30. The number of likely N-dealkylation sites (tertiary alicyclic amines) is 1. The summed E-state index contributed by atoms with van der Waals surface area (Å²) in [6.07, 6.45) is 1.94. The van der Waals surface area contributed by atoms with Crippen LogP contribution in [0.2, 0.25) is 5.02 Å². The van der Waals surface area contributed by atoms with Crippen LogP contribution < -0.4 is 5.32 Å². The third-order valence-electron chi connectivity index (χ3n) is 4.42. The van der Waals surface area contributed by atoms with Crippen LogP contribution in [0.3, 0.4) is 0 Å². The summed E-state index contributed by atoms with van der Waals surface area (Å²) in [6.45, 7) is 1.99. The molecule has 0 aromatic heterocycles. The lowest BCUT2D eigenvalue weighted by Gasteiger charge is -2.18. The first-order chi connectivity index (χ1) is 10.6. The van der Waals surface area contributed by atoms with Crippen LogP contribution in [0.25, 0.3) is 0 Å². The number of halogens is 2. The van der Waals surface area contributed by atoms with Crippen molar-refractivity contribution in [2.24, 2.45) is 11.8 Å². The number of nitrogens with one attached hydrogen (secondary N) is 1.